The zero-order valence-electron chi connectivity index (χ0n) is 16.2. The van der Waals surface area contributed by atoms with Gasteiger partial charge in [0, 0.05) is 13.5 Å². The summed E-state index contributed by atoms with van der Waals surface area (Å²) in [5.41, 5.74) is 1.69. The number of hydrogen-bond donors (Lipinski definition) is 1. The van der Waals surface area contributed by atoms with Crippen molar-refractivity contribution >= 4 is 23.2 Å². The van der Waals surface area contributed by atoms with Crippen LogP contribution in [0.4, 0.5) is 4.39 Å². The van der Waals surface area contributed by atoms with E-state index in [2.05, 4.69) is 22.1 Å². The highest BCUT2D eigenvalue weighted by Gasteiger charge is 2.20. The fourth-order valence-electron chi connectivity index (χ4n) is 2.47. The first-order chi connectivity index (χ1) is 14.0. The molecule has 0 aliphatic carbocycles. The minimum atomic E-state index is -0.757. The summed E-state index contributed by atoms with van der Waals surface area (Å²) in [6, 6.07) is 13.3. The number of ether oxygens (including phenoxy) is 3. The maximum atomic E-state index is 13.2. The fraction of sp³-hybridized carbons (Fsp3) is 0.273. The molecule has 0 spiro atoms. The van der Waals surface area contributed by atoms with Crippen molar-refractivity contribution in [3.05, 3.63) is 65.5 Å². The zero-order valence-corrected chi connectivity index (χ0v) is 17.1. The van der Waals surface area contributed by atoms with E-state index in [0.717, 1.165) is 5.56 Å². The first kappa shape index (κ1) is 22.2. The summed E-state index contributed by atoms with van der Waals surface area (Å²) in [7, 11) is 1.50. The molecule has 0 radical (unpaired) electrons. The average molecular weight is 415 g/mol. The van der Waals surface area contributed by atoms with Crippen molar-refractivity contribution in [2.75, 3.05) is 20.3 Å². The van der Waals surface area contributed by atoms with E-state index in [-0.39, 0.29) is 12.4 Å². The van der Waals surface area contributed by atoms with Crippen LogP contribution in [0.2, 0.25) is 0 Å². The summed E-state index contributed by atoms with van der Waals surface area (Å²) >= 11 is 5.39. The number of rotatable bonds is 8. The largest absolute Gasteiger partial charge is 0.481 e. The first-order valence-corrected chi connectivity index (χ1v) is 9.33. The van der Waals surface area contributed by atoms with Crippen LogP contribution in [0, 0.1) is 17.8 Å². The molecule has 0 aliphatic rings. The molecule has 0 saturated heterocycles. The number of carbonyl (C=O) groups is 1. The molecular weight excluding hydrogens is 393 g/mol. The number of methoxy groups -OCH3 is 1. The number of thiocarbonyl (C=S) groups is 1. The van der Waals surface area contributed by atoms with Crippen LogP contribution in [-0.2, 0) is 20.7 Å². The lowest BCUT2D eigenvalue weighted by Crippen LogP contribution is -2.31. The van der Waals surface area contributed by atoms with Crippen LogP contribution in [0.25, 0.3) is 0 Å². The van der Waals surface area contributed by atoms with E-state index in [4.69, 9.17) is 21.7 Å². The Morgan fingerprint density at radius 3 is 2.48 bits per heavy atom. The highest BCUT2D eigenvalue weighted by atomic mass is 32.1. The second-order valence-electron chi connectivity index (χ2n) is 6.00. The second kappa shape index (κ2) is 11.7. The van der Waals surface area contributed by atoms with Gasteiger partial charge in [-0.2, -0.15) is 0 Å². The molecule has 1 atom stereocenters. The Morgan fingerprint density at radius 1 is 1.17 bits per heavy atom. The molecule has 1 N–H and O–H groups in total. The summed E-state index contributed by atoms with van der Waals surface area (Å²) in [6.45, 7) is 2.12. The van der Waals surface area contributed by atoms with Gasteiger partial charge in [0.05, 0.1) is 7.11 Å². The van der Waals surface area contributed by atoms with Crippen molar-refractivity contribution in [3.63, 3.8) is 0 Å². The standard InChI is InChI=1S/C22H22FNO4S/c1-16(25)28-21(18-6-8-19(23)9-7-18)22(29)24-13-12-17-4-10-20(11-5-17)27-15-3-14-26-2/h4-11,21H,12-13,15H2,1-2H3,(H,24,29). The molecule has 0 bridgehead atoms. The van der Waals surface area contributed by atoms with Crippen molar-refractivity contribution in [1.29, 1.82) is 0 Å². The monoisotopic (exact) mass is 415 g/mol. The van der Waals surface area contributed by atoms with Crippen LogP contribution in [0.3, 0.4) is 0 Å². The predicted molar refractivity (Wildman–Crippen MR) is 112 cm³/mol. The quantitative estimate of drug-likeness (QED) is 0.404. The van der Waals surface area contributed by atoms with E-state index >= 15 is 0 Å². The molecule has 0 amide bonds. The van der Waals surface area contributed by atoms with Gasteiger partial charge in [0.25, 0.3) is 0 Å². The molecule has 2 aromatic rings. The van der Waals surface area contributed by atoms with E-state index < -0.39 is 12.1 Å². The normalized spacial score (nSPS) is 10.9. The Bertz CT molecular complexity index is 872. The molecule has 2 aromatic carbocycles. The highest BCUT2D eigenvalue weighted by molar-refractivity contribution is 7.80. The van der Waals surface area contributed by atoms with Gasteiger partial charge in [0.1, 0.15) is 22.7 Å². The third kappa shape index (κ3) is 7.80. The van der Waals surface area contributed by atoms with Crippen molar-refractivity contribution in [3.8, 4) is 17.8 Å². The second-order valence-corrected chi connectivity index (χ2v) is 6.44. The molecule has 2 rings (SSSR count). The van der Waals surface area contributed by atoms with E-state index in [1.54, 1.807) is 12.1 Å². The van der Waals surface area contributed by atoms with Crippen LogP contribution in [0.5, 0.6) is 5.75 Å². The van der Waals surface area contributed by atoms with Gasteiger partial charge < -0.3 is 19.5 Å². The van der Waals surface area contributed by atoms with Crippen molar-refractivity contribution in [2.24, 2.45) is 0 Å². The summed E-state index contributed by atoms with van der Waals surface area (Å²) in [6.07, 6.45) is 2.41. The van der Waals surface area contributed by atoms with Gasteiger partial charge in [-0.25, -0.2) is 4.39 Å². The third-order valence-electron chi connectivity index (χ3n) is 3.82. The fourth-order valence-corrected chi connectivity index (χ4v) is 2.76. The summed E-state index contributed by atoms with van der Waals surface area (Å²) < 4.78 is 28.6. The van der Waals surface area contributed by atoms with Gasteiger partial charge in [-0.05, 0) is 47.7 Å². The number of nitrogens with one attached hydrogen (secondary N) is 1. The molecule has 0 aliphatic heterocycles. The van der Waals surface area contributed by atoms with Crippen LogP contribution in [-0.4, -0.2) is 31.2 Å². The smallest absolute Gasteiger partial charge is 0.303 e. The van der Waals surface area contributed by atoms with Crippen molar-refractivity contribution in [2.45, 2.75) is 19.4 Å². The third-order valence-corrected chi connectivity index (χ3v) is 4.17. The number of hydrogen-bond acceptors (Lipinski definition) is 5. The van der Waals surface area contributed by atoms with Gasteiger partial charge in [-0.1, -0.05) is 36.5 Å². The lowest BCUT2D eigenvalue weighted by Gasteiger charge is -2.19. The molecular formula is C22H22FNO4S. The van der Waals surface area contributed by atoms with E-state index in [1.807, 2.05) is 24.3 Å². The van der Waals surface area contributed by atoms with E-state index in [1.165, 1.54) is 26.2 Å². The molecule has 29 heavy (non-hydrogen) atoms. The molecule has 0 heterocycles. The number of benzene rings is 2. The lowest BCUT2D eigenvalue weighted by atomic mass is 10.1. The minimum absolute atomic E-state index is 0.254. The van der Waals surface area contributed by atoms with E-state index in [0.29, 0.717) is 29.3 Å². The number of esters is 1. The number of halogens is 1. The van der Waals surface area contributed by atoms with Gasteiger partial charge in [-0.3, -0.25) is 4.79 Å². The zero-order chi connectivity index (χ0) is 21.1. The minimum Gasteiger partial charge on any atom is -0.481 e. The molecule has 5 nitrogen and oxygen atoms in total. The van der Waals surface area contributed by atoms with Crippen LogP contribution >= 0.6 is 12.2 Å². The highest BCUT2D eigenvalue weighted by Crippen LogP contribution is 2.20. The molecule has 1 unspecified atom stereocenters. The summed E-state index contributed by atoms with van der Waals surface area (Å²) in [4.78, 5) is 11.8. The first-order valence-electron chi connectivity index (χ1n) is 8.92. The topological polar surface area (TPSA) is 56.8 Å². The molecule has 152 valence electrons. The lowest BCUT2D eigenvalue weighted by molar-refractivity contribution is -0.143. The summed E-state index contributed by atoms with van der Waals surface area (Å²) in [5.74, 6) is 2.59. The van der Waals surface area contributed by atoms with Crippen LogP contribution < -0.4 is 10.1 Å². The Morgan fingerprint density at radius 2 is 1.86 bits per heavy atom. The van der Waals surface area contributed by atoms with Gasteiger partial charge in [0.15, 0.2) is 12.7 Å². The molecule has 7 heteroatoms. The maximum absolute atomic E-state index is 13.2. The molecule has 0 saturated carbocycles. The van der Waals surface area contributed by atoms with Gasteiger partial charge in [-0.15, -0.1) is 0 Å². The maximum Gasteiger partial charge on any atom is 0.303 e. The Labute approximate surface area is 175 Å². The van der Waals surface area contributed by atoms with Crippen molar-refractivity contribution < 1.29 is 23.4 Å². The van der Waals surface area contributed by atoms with E-state index in [9.17, 15) is 9.18 Å². The summed E-state index contributed by atoms with van der Waals surface area (Å²) in [5, 5.41) is 3.11. The average Bonchev–Trinajstić information content (AvgIpc) is 2.71. The number of carbonyl (C=O) groups excluding carboxylic acids is 1. The van der Waals surface area contributed by atoms with Gasteiger partial charge in [0.2, 0.25) is 0 Å². The molecule has 0 fully saturated rings. The van der Waals surface area contributed by atoms with Gasteiger partial charge >= 0.3 is 5.97 Å². The Hall–Kier alpha value is -3.11. The van der Waals surface area contributed by atoms with Crippen molar-refractivity contribution in [1.82, 2.24) is 5.32 Å². The predicted octanol–water partition coefficient (Wildman–Crippen LogP) is 3.58. The molecule has 0 aromatic heterocycles. The Kier molecular flexibility index (Phi) is 8.93. The SMILES string of the molecule is COC#CCOc1ccc(CCNC(=S)C(OC(C)=O)c2ccc(F)cc2)cc1. The Balaban J connectivity index is 1.87. The van der Waals surface area contributed by atoms with Crippen LogP contribution in [0.15, 0.2) is 48.5 Å². The van der Waals surface area contributed by atoms with Crippen LogP contribution in [0.1, 0.15) is 24.2 Å².